The summed E-state index contributed by atoms with van der Waals surface area (Å²) in [5.74, 6) is -1.15. The minimum absolute atomic E-state index is 0.0512. The number of hydrogen-bond acceptors (Lipinski definition) is 5. The minimum atomic E-state index is -0.573. The number of benzene rings is 1. The summed E-state index contributed by atoms with van der Waals surface area (Å²) in [5, 5.41) is 2.34. The molecule has 0 bridgehead atoms. The summed E-state index contributed by atoms with van der Waals surface area (Å²) in [5.41, 5.74) is 0.472. The van der Waals surface area contributed by atoms with Crippen molar-refractivity contribution in [2.24, 2.45) is 0 Å². The minimum Gasteiger partial charge on any atom is -0.468 e. The molecule has 0 aliphatic rings. The highest BCUT2D eigenvalue weighted by atomic mass is 19.1. The fraction of sp³-hybridized carbons (Fsp3) is 0.118. The van der Waals surface area contributed by atoms with Crippen LogP contribution in [0.2, 0.25) is 0 Å². The zero-order valence-electron chi connectivity index (χ0n) is 12.9. The van der Waals surface area contributed by atoms with E-state index in [1.807, 2.05) is 0 Å². The Labute approximate surface area is 137 Å². The van der Waals surface area contributed by atoms with Crippen LogP contribution in [0.4, 0.5) is 4.39 Å². The van der Waals surface area contributed by atoms with E-state index in [4.69, 9.17) is 4.74 Å². The van der Waals surface area contributed by atoms with Gasteiger partial charge in [0, 0.05) is 12.3 Å². The zero-order chi connectivity index (χ0) is 17.4. The number of rotatable bonds is 6. The number of carbonyl (C=O) groups is 2. The maximum absolute atomic E-state index is 14.0. The smallest absolute Gasteiger partial charge is 0.325 e. The molecule has 2 rings (SSSR count). The van der Waals surface area contributed by atoms with Gasteiger partial charge in [0.25, 0.3) is 0 Å². The highest BCUT2D eigenvalue weighted by Gasteiger charge is 2.06. The molecule has 1 N–H and O–H groups in total. The average Bonchev–Trinajstić information content (AvgIpc) is 2.60. The number of halogens is 1. The predicted octanol–water partition coefficient (Wildman–Crippen LogP) is 2.32. The number of ether oxygens (including phenoxy) is 2. The molecule has 0 atom stereocenters. The largest absolute Gasteiger partial charge is 0.468 e. The molecule has 7 heteroatoms. The maximum atomic E-state index is 14.0. The summed E-state index contributed by atoms with van der Waals surface area (Å²) in [4.78, 5) is 26.3. The summed E-state index contributed by atoms with van der Waals surface area (Å²) in [6.45, 7) is -0.230. The van der Waals surface area contributed by atoms with Crippen LogP contribution in [-0.4, -0.2) is 30.5 Å². The molecule has 0 spiro atoms. The van der Waals surface area contributed by atoms with Crippen molar-refractivity contribution < 1.29 is 23.5 Å². The second kappa shape index (κ2) is 8.42. The van der Waals surface area contributed by atoms with Crippen LogP contribution in [0.3, 0.4) is 0 Å². The van der Waals surface area contributed by atoms with E-state index in [0.29, 0.717) is 11.3 Å². The van der Waals surface area contributed by atoms with E-state index >= 15 is 0 Å². The van der Waals surface area contributed by atoms with Crippen LogP contribution in [0.15, 0.2) is 48.8 Å². The van der Waals surface area contributed by atoms with Gasteiger partial charge in [0.05, 0.1) is 13.3 Å². The number of hydrogen-bond donors (Lipinski definition) is 1. The van der Waals surface area contributed by atoms with E-state index in [1.54, 1.807) is 24.4 Å². The lowest BCUT2D eigenvalue weighted by molar-refractivity contribution is -0.140. The first-order valence-corrected chi connectivity index (χ1v) is 6.98. The van der Waals surface area contributed by atoms with E-state index in [-0.39, 0.29) is 12.3 Å². The van der Waals surface area contributed by atoms with Gasteiger partial charge in [-0.25, -0.2) is 4.39 Å². The molecule has 6 nitrogen and oxygen atoms in total. The molecule has 0 aliphatic carbocycles. The first-order chi connectivity index (χ1) is 11.6. The number of amides is 1. The third-order valence-corrected chi connectivity index (χ3v) is 2.88. The number of nitrogens with zero attached hydrogens (tertiary/aromatic N) is 1. The van der Waals surface area contributed by atoms with Crippen molar-refractivity contribution in [1.29, 1.82) is 0 Å². The second-order valence-electron chi connectivity index (χ2n) is 4.61. The highest BCUT2D eigenvalue weighted by molar-refractivity contribution is 5.93. The molecule has 1 aromatic heterocycles. The summed E-state index contributed by atoms with van der Waals surface area (Å²) in [7, 11) is 1.22. The van der Waals surface area contributed by atoms with Gasteiger partial charge in [0.15, 0.2) is 11.6 Å². The van der Waals surface area contributed by atoms with E-state index in [2.05, 4.69) is 15.0 Å². The molecule has 124 valence electrons. The molecule has 0 fully saturated rings. The average molecular weight is 330 g/mol. The van der Waals surface area contributed by atoms with Crippen molar-refractivity contribution in [2.45, 2.75) is 0 Å². The van der Waals surface area contributed by atoms with Crippen LogP contribution in [0.25, 0.3) is 6.08 Å². The fourth-order valence-electron chi connectivity index (χ4n) is 1.70. The molecule has 0 radical (unpaired) electrons. The summed E-state index contributed by atoms with van der Waals surface area (Å²) < 4.78 is 23.8. The third-order valence-electron chi connectivity index (χ3n) is 2.88. The maximum Gasteiger partial charge on any atom is 0.325 e. The Hall–Kier alpha value is -3.22. The molecule has 0 saturated heterocycles. The molecule has 0 saturated carbocycles. The van der Waals surface area contributed by atoms with Gasteiger partial charge in [-0.05, 0) is 35.9 Å². The molecule has 1 aromatic carbocycles. The van der Waals surface area contributed by atoms with Crippen molar-refractivity contribution >= 4 is 18.0 Å². The van der Waals surface area contributed by atoms with Crippen molar-refractivity contribution in [1.82, 2.24) is 10.3 Å². The molecule has 0 aliphatic heterocycles. The quantitative estimate of drug-likeness (QED) is 0.650. The normalized spacial score (nSPS) is 10.4. The third kappa shape index (κ3) is 5.20. The lowest BCUT2D eigenvalue weighted by Crippen LogP contribution is -2.28. The van der Waals surface area contributed by atoms with Gasteiger partial charge in [0.2, 0.25) is 5.91 Å². The zero-order valence-corrected chi connectivity index (χ0v) is 12.9. The van der Waals surface area contributed by atoms with Crippen LogP contribution in [0, 0.1) is 5.82 Å². The standard InChI is InChI=1S/C17H15FN2O4/c1-23-17(22)11-20-16(21)7-5-12-4-6-15(14(18)9-12)24-13-3-2-8-19-10-13/h2-10H,11H2,1H3,(H,20,21)/b7-5-. The van der Waals surface area contributed by atoms with Crippen molar-refractivity contribution in [3.63, 3.8) is 0 Å². The van der Waals surface area contributed by atoms with E-state index in [0.717, 1.165) is 0 Å². The lowest BCUT2D eigenvalue weighted by Gasteiger charge is -2.06. The Morgan fingerprint density at radius 3 is 2.83 bits per heavy atom. The molecule has 1 heterocycles. The molecular weight excluding hydrogens is 315 g/mol. The Bertz CT molecular complexity index is 748. The van der Waals surface area contributed by atoms with Gasteiger partial charge in [-0.1, -0.05) is 6.07 Å². The topological polar surface area (TPSA) is 77.5 Å². The Kier molecular flexibility index (Phi) is 6.01. The molecule has 1 amide bonds. The SMILES string of the molecule is COC(=O)CNC(=O)/C=C\c1ccc(Oc2cccnc2)c(F)c1. The van der Waals surface area contributed by atoms with Crippen LogP contribution in [0.1, 0.15) is 5.56 Å². The first kappa shape index (κ1) is 17.1. The first-order valence-electron chi connectivity index (χ1n) is 6.98. The molecule has 24 heavy (non-hydrogen) atoms. The summed E-state index contributed by atoms with van der Waals surface area (Å²) >= 11 is 0. The van der Waals surface area contributed by atoms with Gasteiger partial charge >= 0.3 is 5.97 Å². The number of aromatic nitrogens is 1. The monoisotopic (exact) mass is 330 g/mol. The van der Waals surface area contributed by atoms with Crippen molar-refractivity contribution in [2.75, 3.05) is 13.7 Å². The van der Waals surface area contributed by atoms with Crippen LogP contribution >= 0.6 is 0 Å². The number of carbonyl (C=O) groups excluding carboxylic acids is 2. The van der Waals surface area contributed by atoms with Gasteiger partial charge in [0.1, 0.15) is 12.3 Å². The van der Waals surface area contributed by atoms with Gasteiger partial charge in [-0.15, -0.1) is 0 Å². The number of methoxy groups -OCH3 is 1. The van der Waals surface area contributed by atoms with Crippen LogP contribution in [-0.2, 0) is 14.3 Å². The predicted molar refractivity (Wildman–Crippen MR) is 84.8 cm³/mol. The van der Waals surface area contributed by atoms with Crippen LogP contribution < -0.4 is 10.1 Å². The summed E-state index contributed by atoms with van der Waals surface area (Å²) in [6, 6.07) is 7.62. The number of nitrogens with one attached hydrogen (secondary N) is 1. The van der Waals surface area contributed by atoms with Gasteiger partial charge in [-0.2, -0.15) is 0 Å². The molecule has 2 aromatic rings. The Morgan fingerprint density at radius 2 is 2.17 bits per heavy atom. The molecule has 0 unspecified atom stereocenters. The second-order valence-corrected chi connectivity index (χ2v) is 4.61. The van der Waals surface area contributed by atoms with E-state index in [1.165, 1.54) is 37.6 Å². The highest BCUT2D eigenvalue weighted by Crippen LogP contribution is 2.24. The van der Waals surface area contributed by atoms with E-state index in [9.17, 15) is 14.0 Å². The van der Waals surface area contributed by atoms with Gasteiger partial charge in [-0.3, -0.25) is 14.6 Å². The van der Waals surface area contributed by atoms with Crippen LogP contribution in [0.5, 0.6) is 11.5 Å². The van der Waals surface area contributed by atoms with Crippen molar-refractivity contribution in [3.8, 4) is 11.5 Å². The number of pyridine rings is 1. The lowest BCUT2D eigenvalue weighted by atomic mass is 10.2. The van der Waals surface area contributed by atoms with E-state index < -0.39 is 17.7 Å². The Morgan fingerprint density at radius 1 is 1.33 bits per heavy atom. The number of esters is 1. The molecular formula is C17H15FN2O4. The fourth-order valence-corrected chi connectivity index (χ4v) is 1.70. The van der Waals surface area contributed by atoms with Crippen molar-refractivity contribution in [3.05, 3.63) is 60.2 Å². The van der Waals surface area contributed by atoms with Gasteiger partial charge < -0.3 is 14.8 Å². The Balaban J connectivity index is 1.97. The summed E-state index contributed by atoms with van der Waals surface area (Å²) in [6.07, 6.45) is 5.67.